The molecular weight excluding hydrogens is 619 g/mol. The van der Waals surface area contributed by atoms with Crippen molar-refractivity contribution in [1.82, 2.24) is 19.5 Å². The number of hydrogen-bond acceptors (Lipinski definition) is 4. The van der Waals surface area contributed by atoms with Crippen molar-refractivity contribution in [2.24, 2.45) is 0 Å². The molecule has 0 unspecified atom stereocenters. The highest BCUT2D eigenvalue weighted by Crippen LogP contribution is 2.39. The molecular formula is C41H24F3N5. The maximum Gasteiger partial charge on any atom is 0.416 e. The molecule has 8 heteroatoms. The highest BCUT2D eigenvalue weighted by Gasteiger charge is 2.31. The van der Waals surface area contributed by atoms with E-state index in [-0.39, 0.29) is 0 Å². The van der Waals surface area contributed by atoms with Gasteiger partial charge in [-0.1, -0.05) is 103 Å². The van der Waals surface area contributed by atoms with Gasteiger partial charge in [-0.3, -0.25) is 0 Å². The third-order valence-electron chi connectivity index (χ3n) is 8.51. The van der Waals surface area contributed by atoms with Crippen LogP contribution in [0, 0.1) is 11.3 Å². The van der Waals surface area contributed by atoms with Gasteiger partial charge in [-0.2, -0.15) is 18.4 Å². The Kier molecular flexibility index (Phi) is 7.23. The van der Waals surface area contributed by atoms with Gasteiger partial charge >= 0.3 is 6.18 Å². The van der Waals surface area contributed by atoms with Crippen molar-refractivity contribution in [2.75, 3.05) is 0 Å². The van der Waals surface area contributed by atoms with Crippen LogP contribution < -0.4 is 0 Å². The molecule has 0 spiro atoms. The third kappa shape index (κ3) is 5.47. The lowest BCUT2D eigenvalue weighted by Gasteiger charge is -2.16. The Morgan fingerprint density at radius 2 is 1.12 bits per heavy atom. The van der Waals surface area contributed by atoms with Gasteiger partial charge in [0.15, 0.2) is 17.5 Å². The zero-order valence-corrected chi connectivity index (χ0v) is 25.7. The fourth-order valence-electron chi connectivity index (χ4n) is 6.22. The number of fused-ring (bicyclic) bond motifs is 3. The lowest BCUT2D eigenvalue weighted by Crippen LogP contribution is -2.05. The van der Waals surface area contributed by atoms with Crippen molar-refractivity contribution < 1.29 is 13.2 Å². The number of alkyl halides is 3. The Bertz CT molecular complexity index is 2490. The first-order valence-electron chi connectivity index (χ1n) is 15.5. The Balaban J connectivity index is 1.44. The molecule has 5 nitrogen and oxygen atoms in total. The molecule has 2 heterocycles. The predicted molar refractivity (Wildman–Crippen MR) is 186 cm³/mol. The zero-order chi connectivity index (χ0) is 33.5. The van der Waals surface area contributed by atoms with Gasteiger partial charge in [-0.05, 0) is 53.6 Å². The largest absolute Gasteiger partial charge is 0.416 e. The minimum absolute atomic E-state index is 0.306. The van der Waals surface area contributed by atoms with Crippen molar-refractivity contribution in [2.45, 2.75) is 6.18 Å². The summed E-state index contributed by atoms with van der Waals surface area (Å²) in [5, 5.41) is 11.7. The average Bonchev–Trinajstić information content (AvgIpc) is 3.48. The summed E-state index contributed by atoms with van der Waals surface area (Å²) >= 11 is 0. The molecule has 0 radical (unpaired) electrons. The van der Waals surface area contributed by atoms with Gasteiger partial charge < -0.3 is 4.57 Å². The summed E-state index contributed by atoms with van der Waals surface area (Å²) in [5.41, 5.74) is 5.18. The van der Waals surface area contributed by atoms with Crippen molar-refractivity contribution in [3.05, 3.63) is 157 Å². The highest BCUT2D eigenvalue weighted by atomic mass is 19.4. The Hall–Kier alpha value is -6.59. The summed E-state index contributed by atoms with van der Waals surface area (Å²) in [6.45, 7) is 0. The first-order valence-corrected chi connectivity index (χ1v) is 15.5. The maximum absolute atomic E-state index is 13.9. The van der Waals surface area contributed by atoms with E-state index in [0.29, 0.717) is 39.7 Å². The predicted octanol–water partition coefficient (Wildman–Crippen LogP) is 10.5. The Morgan fingerprint density at radius 1 is 0.510 bits per heavy atom. The molecule has 0 amide bonds. The Labute approximate surface area is 279 Å². The van der Waals surface area contributed by atoms with Crippen LogP contribution >= 0.6 is 0 Å². The van der Waals surface area contributed by atoms with Gasteiger partial charge in [-0.25, -0.2) is 15.0 Å². The third-order valence-corrected chi connectivity index (χ3v) is 8.51. The lowest BCUT2D eigenvalue weighted by molar-refractivity contribution is -0.137. The number of benzene rings is 6. The number of nitriles is 1. The smallest absolute Gasteiger partial charge is 0.309 e. The van der Waals surface area contributed by atoms with Crippen LogP contribution in [0.4, 0.5) is 13.2 Å². The van der Waals surface area contributed by atoms with Crippen LogP contribution in [0.2, 0.25) is 0 Å². The normalized spacial score (nSPS) is 11.6. The van der Waals surface area contributed by atoms with E-state index in [1.807, 2.05) is 115 Å². The standard InChI is InChI=1S/C41H24F3N5/c42-41(43,44)30-15-9-14-29(23-30)32-21-19-31(49-36-17-8-7-16-33(36)34-20-18-26(25-45)22-37(34)49)24-35(32)40-47-38(27-10-3-1-4-11-27)46-39(48-40)28-12-5-2-6-13-28/h1-24H. The second kappa shape index (κ2) is 11.9. The fourth-order valence-corrected chi connectivity index (χ4v) is 6.22. The van der Waals surface area contributed by atoms with Gasteiger partial charge in [-0.15, -0.1) is 0 Å². The molecule has 2 aromatic heterocycles. The summed E-state index contributed by atoms with van der Waals surface area (Å²) < 4.78 is 43.9. The van der Waals surface area contributed by atoms with Crippen LogP contribution in [0.3, 0.4) is 0 Å². The second-order valence-electron chi connectivity index (χ2n) is 11.5. The van der Waals surface area contributed by atoms with Gasteiger partial charge in [0.1, 0.15) is 0 Å². The topological polar surface area (TPSA) is 67.4 Å². The number of nitrogens with zero attached hydrogens (tertiary/aromatic N) is 5. The number of rotatable bonds is 5. The molecule has 0 saturated carbocycles. The minimum Gasteiger partial charge on any atom is -0.309 e. The van der Waals surface area contributed by atoms with Crippen LogP contribution in [0.25, 0.3) is 72.8 Å². The van der Waals surface area contributed by atoms with Crippen LogP contribution in [0.1, 0.15) is 11.1 Å². The van der Waals surface area contributed by atoms with E-state index in [2.05, 4.69) is 10.6 Å². The number of para-hydroxylation sites is 1. The summed E-state index contributed by atoms with van der Waals surface area (Å²) in [5.74, 6) is 1.17. The molecule has 234 valence electrons. The fraction of sp³-hybridized carbons (Fsp3) is 0.0244. The van der Waals surface area contributed by atoms with Crippen LogP contribution in [-0.2, 0) is 6.18 Å². The molecule has 8 rings (SSSR count). The number of hydrogen-bond donors (Lipinski definition) is 0. The van der Waals surface area contributed by atoms with E-state index >= 15 is 0 Å². The molecule has 0 atom stereocenters. The first kappa shape index (κ1) is 29.8. The maximum atomic E-state index is 13.9. The molecule has 0 aliphatic rings. The van der Waals surface area contributed by atoms with E-state index in [1.54, 1.807) is 12.1 Å². The SMILES string of the molecule is N#Cc1ccc2c3ccccc3n(-c3ccc(-c4cccc(C(F)(F)F)c4)c(-c4nc(-c5ccccc5)nc(-c5ccccc5)n4)c3)c2c1. The van der Waals surface area contributed by atoms with Crippen molar-refractivity contribution >= 4 is 21.8 Å². The van der Waals surface area contributed by atoms with E-state index in [4.69, 9.17) is 15.0 Å². The van der Waals surface area contributed by atoms with Gasteiger partial charge in [0.05, 0.1) is 28.2 Å². The van der Waals surface area contributed by atoms with Crippen molar-refractivity contribution in [1.29, 1.82) is 5.26 Å². The van der Waals surface area contributed by atoms with Gasteiger partial charge in [0.2, 0.25) is 0 Å². The van der Waals surface area contributed by atoms with Crippen LogP contribution in [0.15, 0.2) is 146 Å². The van der Waals surface area contributed by atoms with Crippen molar-refractivity contribution in [3.8, 4) is 57.0 Å². The van der Waals surface area contributed by atoms with Gasteiger partial charge in [0.25, 0.3) is 0 Å². The second-order valence-corrected chi connectivity index (χ2v) is 11.5. The van der Waals surface area contributed by atoms with Crippen LogP contribution in [-0.4, -0.2) is 19.5 Å². The van der Waals surface area contributed by atoms with Crippen LogP contribution in [0.5, 0.6) is 0 Å². The van der Waals surface area contributed by atoms with E-state index < -0.39 is 11.7 Å². The molecule has 6 aromatic carbocycles. The summed E-state index contributed by atoms with van der Waals surface area (Å²) in [7, 11) is 0. The molecule has 0 bridgehead atoms. The zero-order valence-electron chi connectivity index (χ0n) is 25.7. The number of aromatic nitrogens is 4. The van der Waals surface area contributed by atoms with E-state index in [1.165, 1.54) is 6.07 Å². The lowest BCUT2D eigenvalue weighted by atomic mass is 9.96. The van der Waals surface area contributed by atoms with Gasteiger partial charge in [0, 0.05) is 33.2 Å². The minimum atomic E-state index is -4.52. The highest BCUT2D eigenvalue weighted by molar-refractivity contribution is 6.09. The molecule has 0 aliphatic heterocycles. The first-order chi connectivity index (χ1) is 23.9. The quantitative estimate of drug-likeness (QED) is 0.187. The van der Waals surface area contributed by atoms with E-state index in [0.717, 1.165) is 50.8 Å². The van der Waals surface area contributed by atoms with E-state index in [9.17, 15) is 18.4 Å². The number of halogens is 3. The monoisotopic (exact) mass is 643 g/mol. The Morgan fingerprint density at radius 3 is 1.80 bits per heavy atom. The average molecular weight is 644 g/mol. The molecule has 8 aromatic rings. The summed E-state index contributed by atoms with van der Waals surface area (Å²) in [4.78, 5) is 14.7. The molecule has 0 aliphatic carbocycles. The molecule has 49 heavy (non-hydrogen) atoms. The molecule has 0 saturated heterocycles. The molecule has 0 N–H and O–H groups in total. The summed E-state index contributed by atoms with van der Waals surface area (Å²) in [6, 6.07) is 45.7. The van der Waals surface area contributed by atoms with Crippen molar-refractivity contribution in [3.63, 3.8) is 0 Å². The molecule has 0 fully saturated rings. The summed E-state index contributed by atoms with van der Waals surface area (Å²) in [6.07, 6.45) is -4.52.